The zero-order valence-corrected chi connectivity index (χ0v) is 15.6. The smallest absolute Gasteiger partial charge is 0.242 e. The largest absolute Gasteiger partial charge is 0.354 e. The summed E-state index contributed by atoms with van der Waals surface area (Å²) in [5.41, 5.74) is 1.16. The first-order valence-electron chi connectivity index (χ1n) is 8.89. The van der Waals surface area contributed by atoms with E-state index in [1.807, 2.05) is 0 Å². The van der Waals surface area contributed by atoms with Gasteiger partial charge in [-0.2, -0.15) is 0 Å². The average Bonchev–Trinajstić information content (AvgIpc) is 3.05. The van der Waals surface area contributed by atoms with Gasteiger partial charge < -0.3 is 10.2 Å². The first-order chi connectivity index (χ1) is 11.4. The van der Waals surface area contributed by atoms with Gasteiger partial charge in [0.25, 0.3) is 0 Å². The third kappa shape index (κ3) is 3.97. The van der Waals surface area contributed by atoms with Crippen LogP contribution >= 0.6 is 11.3 Å². The van der Waals surface area contributed by atoms with Gasteiger partial charge in [-0.15, -0.1) is 11.3 Å². The van der Waals surface area contributed by atoms with Gasteiger partial charge in [-0.25, -0.2) is 4.98 Å². The lowest BCUT2D eigenvalue weighted by Gasteiger charge is -2.23. The van der Waals surface area contributed by atoms with E-state index in [1.54, 1.807) is 16.2 Å². The van der Waals surface area contributed by atoms with Gasteiger partial charge >= 0.3 is 0 Å². The van der Waals surface area contributed by atoms with Crippen LogP contribution in [0.5, 0.6) is 0 Å². The minimum Gasteiger partial charge on any atom is -0.354 e. The van der Waals surface area contributed by atoms with Crippen LogP contribution in [0.25, 0.3) is 0 Å². The minimum absolute atomic E-state index is 0.00546. The number of hydrogen-bond donors (Lipinski definition) is 1. The third-order valence-corrected chi connectivity index (χ3v) is 5.63. The summed E-state index contributed by atoms with van der Waals surface area (Å²) in [4.78, 5) is 31.1. The van der Waals surface area contributed by atoms with E-state index < -0.39 is 0 Å². The second kappa shape index (κ2) is 6.82. The summed E-state index contributed by atoms with van der Waals surface area (Å²) in [6.07, 6.45) is 4.44. The van der Waals surface area contributed by atoms with Crippen molar-refractivity contribution in [2.75, 3.05) is 13.1 Å². The molecular formula is C18H27N3O2S. The fourth-order valence-corrected chi connectivity index (χ4v) is 4.07. The van der Waals surface area contributed by atoms with Crippen LogP contribution in [-0.4, -0.2) is 40.8 Å². The van der Waals surface area contributed by atoms with E-state index >= 15 is 0 Å². The molecule has 2 fully saturated rings. The molecule has 0 spiro atoms. The molecule has 0 radical (unpaired) electrons. The van der Waals surface area contributed by atoms with Crippen molar-refractivity contribution < 1.29 is 9.59 Å². The first-order valence-corrected chi connectivity index (χ1v) is 9.77. The summed E-state index contributed by atoms with van der Waals surface area (Å²) in [5.74, 6) is 0.362. The van der Waals surface area contributed by atoms with Crippen molar-refractivity contribution in [2.45, 2.75) is 64.3 Å². The molecule has 0 aromatic carbocycles. The number of likely N-dealkylation sites (tertiary alicyclic amines) is 1. The lowest BCUT2D eigenvalue weighted by atomic mass is 9.93. The number of hydrogen-bond acceptors (Lipinski definition) is 4. The highest BCUT2D eigenvalue weighted by molar-refractivity contribution is 7.09. The normalized spacial score (nSPS) is 21.1. The van der Waals surface area contributed by atoms with E-state index in [1.165, 1.54) is 0 Å². The molecule has 0 unspecified atom stereocenters. The molecule has 2 amide bonds. The van der Waals surface area contributed by atoms with Crippen LogP contribution in [0, 0.1) is 5.92 Å². The molecule has 1 saturated heterocycles. The highest BCUT2D eigenvalue weighted by atomic mass is 32.1. The van der Waals surface area contributed by atoms with Gasteiger partial charge in [0.15, 0.2) is 0 Å². The summed E-state index contributed by atoms with van der Waals surface area (Å²) in [6.45, 7) is 7.77. The Labute approximate surface area is 147 Å². The number of amides is 2. The molecule has 3 rings (SSSR count). The lowest BCUT2D eigenvalue weighted by molar-refractivity contribution is -0.139. The maximum atomic E-state index is 12.4. The zero-order chi connectivity index (χ0) is 17.3. The van der Waals surface area contributed by atoms with E-state index in [4.69, 9.17) is 0 Å². The maximum absolute atomic E-state index is 12.4. The molecule has 1 aromatic heterocycles. The van der Waals surface area contributed by atoms with Crippen LogP contribution in [0.2, 0.25) is 0 Å². The minimum atomic E-state index is -0.264. The number of carbonyl (C=O) groups is 2. The van der Waals surface area contributed by atoms with Crippen LogP contribution in [0.4, 0.5) is 0 Å². The Bertz CT molecular complexity index is 616. The van der Waals surface area contributed by atoms with Crippen LogP contribution in [0.3, 0.4) is 0 Å². The summed E-state index contributed by atoms with van der Waals surface area (Å²) in [5, 5.41) is 6.15. The molecular weight excluding hydrogens is 322 g/mol. The second-order valence-electron chi connectivity index (χ2n) is 7.88. The Morgan fingerprint density at radius 2 is 2.08 bits per heavy atom. The highest BCUT2D eigenvalue weighted by Crippen LogP contribution is 2.33. The van der Waals surface area contributed by atoms with Gasteiger partial charge in [0, 0.05) is 36.2 Å². The fraction of sp³-hybridized carbons (Fsp3) is 0.722. The molecule has 6 heteroatoms. The Balaban J connectivity index is 1.48. The predicted octanol–water partition coefficient (Wildman–Crippen LogP) is 2.50. The van der Waals surface area contributed by atoms with Gasteiger partial charge in [-0.1, -0.05) is 20.8 Å². The summed E-state index contributed by atoms with van der Waals surface area (Å²) in [7, 11) is 0. The average molecular weight is 350 g/mol. The molecule has 2 aliphatic rings. The van der Waals surface area contributed by atoms with Crippen LogP contribution in [0.1, 0.15) is 57.2 Å². The maximum Gasteiger partial charge on any atom is 0.242 e. The first kappa shape index (κ1) is 17.4. The summed E-state index contributed by atoms with van der Waals surface area (Å²) < 4.78 is 0. The van der Waals surface area contributed by atoms with Crippen molar-refractivity contribution in [3.63, 3.8) is 0 Å². The van der Waals surface area contributed by atoms with Crippen molar-refractivity contribution >= 4 is 23.2 Å². The third-order valence-electron chi connectivity index (χ3n) is 4.72. The Morgan fingerprint density at radius 3 is 2.71 bits per heavy atom. The van der Waals surface area contributed by atoms with Crippen molar-refractivity contribution in [3.8, 4) is 0 Å². The van der Waals surface area contributed by atoms with E-state index in [-0.39, 0.29) is 29.2 Å². The van der Waals surface area contributed by atoms with Gasteiger partial charge in [0.2, 0.25) is 11.8 Å². The molecule has 0 bridgehead atoms. The molecule has 2 heterocycles. The molecule has 5 nitrogen and oxygen atoms in total. The molecule has 132 valence electrons. The summed E-state index contributed by atoms with van der Waals surface area (Å²) in [6, 6.07) is -0.264. The van der Waals surface area contributed by atoms with E-state index in [0.717, 1.165) is 49.4 Å². The molecule has 1 atom stereocenters. The highest BCUT2D eigenvalue weighted by Gasteiger charge is 2.40. The Morgan fingerprint density at radius 1 is 1.33 bits per heavy atom. The Hall–Kier alpha value is -1.43. The molecule has 1 aromatic rings. The van der Waals surface area contributed by atoms with Crippen molar-refractivity contribution in [3.05, 3.63) is 16.1 Å². The van der Waals surface area contributed by atoms with Gasteiger partial charge in [0.05, 0.1) is 10.7 Å². The van der Waals surface area contributed by atoms with Crippen LogP contribution in [-0.2, 0) is 21.4 Å². The topological polar surface area (TPSA) is 62.3 Å². The van der Waals surface area contributed by atoms with E-state index in [0.29, 0.717) is 6.54 Å². The van der Waals surface area contributed by atoms with Crippen LogP contribution in [0.15, 0.2) is 5.38 Å². The molecule has 1 saturated carbocycles. The quantitative estimate of drug-likeness (QED) is 0.888. The molecule has 1 N–H and O–H groups in total. The number of carbonyl (C=O) groups excluding carboxylic acids is 2. The molecule has 1 aliphatic heterocycles. The van der Waals surface area contributed by atoms with Crippen LogP contribution < -0.4 is 5.32 Å². The predicted molar refractivity (Wildman–Crippen MR) is 95.0 cm³/mol. The van der Waals surface area contributed by atoms with E-state index in [9.17, 15) is 9.59 Å². The monoisotopic (exact) mass is 349 g/mol. The van der Waals surface area contributed by atoms with E-state index in [2.05, 4.69) is 36.5 Å². The van der Waals surface area contributed by atoms with Gasteiger partial charge in [-0.05, 0) is 25.7 Å². The van der Waals surface area contributed by atoms with Crippen molar-refractivity contribution in [1.82, 2.24) is 15.2 Å². The van der Waals surface area contributed by atoms with Gasteiger partial charge in [-0.3, -0.25) is 9.59 Å². The fourth-order valence-electron chi connectivity index (χ4n) is 3.05. The zero-order valence-electron chi connectivity index (χ0n) is 14.8. The number of rotatable bonds is 5. The van der Waals surface area contributed by atoms with Crippen molar-refractivity contribution in [2.24, 2.45) is 5.92 Å². The number of nitrogens with zero attached hydrogens (tertiary/aromatic N) is 2. The standard InChI is InChI=1S/C18H27N3O2S/c1-18(2,3)14-11-24-15(20-14)8-9-19-16(22)13-5-4-10-21(13)17(23)12-6-7-12/h11-13H,4-10H2,1-3H3,(H,19,22)/t13-/m0/s1. The SMILES string of the molecule is CC(C)(C)c1csc(CCNC(=O)[C@@H]2CCCN2C(=O)C2CC2)n1. The lowest BCUT2D eigenvalue weighted by Crippen LogP contribution is -2.46. The summed E-state index contributed by atoms with van der Waals surface area (Å²) >= 11 is 1.65. The number of nitrogens with one attached hydrogen (secondary N) is 1. The number of aromatic nitrogens is 1. The Kier molecular flexibility index (Phi) is 4.95. The molecule has 1 aliphatic carbocycles. The van der Waals surface area contributed by atoms with Crippen molar-refractivity contribution in [1.29, 1.82) is 0 Å². The molecule has 24 heavy (non-hydrogen) atoms. The van der Waals surface area contributed by atoms with Gasteiger partial charge in [0.1, 0.15) is 6.04 Å². The second-order valence-corrected chi connectivity index (χ2v) is 8.82. The number of thiazole rings is 1.